The molecule has 4 aromatic heterocycles. The van der Waals surface area contributed by atoms with Crippen molar-refractivity contribution < 1.29 is 9.18 Å². The average Bonchev–Trinajstić information content (AvgIpc) is 3.54. The molecule has 0 saturated carbocycles. The number of aryl methyl sites for hydroxylation is 1. The number of fused-ring (bicyclic) bond motifs is 2. The Bertz CT molecular complexity index is 2080. The maximum atomic E-state index is 15.1. The topological polar surface area (TPSA) is 138 Å². The number of halogens is 1. The molecule has 0 unspecified atom stereocenters. The fourth-order valence-corrected chi connectivity index (χ4v) is 4.58. The van der Waals surface area contributed by atoms with Gasteiger partial charge in [0.25, 0.3) is 11.5 Å². The van der Waals surface area contributed by atoms with Crippen LogP contribution in [0.4, 0.5) is 10.2 Å². The molecular weight excluding hydrogens is 525 g/mol. The van der Waals surface area contributed by atoms with Crippen LogP contribution < -0.4 is 16.6 Å². The fraction of sp³-hybridized carbons (Fsp3) is 0.103. The normalized spacial score (nSPS) is 11.8. The van der Waals surface area contributed by atoms with Gasteiger partial charge in [-0.05, 0) is 37.3 Å². The lowest BCUT2D eigenvalue weighted by Crippen LogP contribution is -2.33. The number of aromatic nitrogens is 7. The van der Waals surface area contributed by atoms with Crippen molar-refractivity contribution in [2.45, 2.75) is 13.0 Å². The van der Waals surface area contributed by atoms with Crippen molar-refractivity contribution in [2.24, 2.45) is 7.05 Å². The molecule has 3 N–H and O–H groups in total. The molecule has 0 aliphatic rings. The number of nitrogen functional groups attached to an aromatic ring is 1. The number of carbonyl (C=O) groups excluding carboxylic acids is 1. The second kappa shape index (κ2) is 10.0. The molecular formula is C29H22FN9O2. The van der Waals surface area contributed by atoms with Crippen LogP contribution in [0.3, 0.4) is 0 Å². The van der Waals surface area contributed by atoms with Gasteiger partial charge in [-0.25, -0.2) is 18.9 Å². The van der Waals surface area contributed by atoms with E-state index < -0.39 is 23.3 Å². The van der Waals surface area contributed by atoms with E-state index in [-0.39, 0.29) is 39.3 Å². The van der Waals surface area contributed by atoms with Gasteiger partial charge in [0.05, 0.1) is 40.0 Å². The summed E-state index contributed by atoms with van der Waals surface area (Å²) < 4.78 is 19.4. The molecule has 0 aliphatic carbocycles. The zero-order chi connectivity index (χ0) is 28.7. The summed E-state index contributed by atoms with van der Waals surface area (Å²) in [6.07, 6.45) is 6.39. The highest BCUT2D eigenvalue weighted by Crippen LogP contribution is 2.23. The summed E-state index contributed by atoms with van der Waals surface area (Å²) >= 11 is 0. The van der Waals surface area contributed by atoms with Crippen molar-refractivity contribution in [1.82, 2.24) is 39.2 Å². The van der Waals surface area contributed by atoms with Gasteiger partial charge in [-0.15, -0.1) is 5.10 Å². The minimum absolute atomic E-state index is 0.00706. The number of rotatable bonds is 4. The highest BCUT2D eigenvalue weighted by atomic mass is 19.1. The number of nitrogens with two attached hydrogens (primary N) is 1. The number of nitrogens with zero attached hydrogens (tertiary/aromatic N) is 7. The van der Waals surface area contributed by atoms with Crippen molar-refractivity contribution in [3.63, 3.8) is 0 Å². The van der Waals surface area contributed by atoms with Gasteiger partial charge in [-0.2, -0.15) is 5.10 Å². The van der Waals surface area contributed by atoms with Crippen LogP contribution in [0.5, 0.6) is 0 Å². The molecule has 11 nitrogen and oxygen atoms in total. The van der Waals surface area contributed by atoms with Gasteiger partial charge in [0.1, 0.15) is 17.2 Å². The van der Waals surface area contributed by atoms with Gasteiger partial charge >= 0.3 is 0 Å². The molecule has 0 fully saturated rings. The first-order valence-corrected chi connectivity index (χ1v) is 12.5. The number of hydrogen-bond donors (Lipinski definition) is 2. The Morgan fingerprint density at radius 1 is 1.12 bits per heavy atom. The van der Waals surface area contributed by atoms with Gasteiger partial charge in [0.2, 0.25) is 0 Å². The predicted molar refractivity (Wildman–Crippen MR) is 150 cm³/mol. The number of nitrogens with one attached hydrogen (secondary N) is 1. The molecule has 202 valence electrons. The van der Waals surface area contributed by atoms with Crippen LogP contribution in [-0.2, 0) is 7.05 Å². The lowest BCUT2D eigenvalue weighted by molar-refractivity contribution is 0.0940. The Hall–Kier alpha value is -5.83. The van der Waals surface area contributed by atoms with E-state index in [2.05, 4.69) is 32.3 Å². The van der Waals surface area contributed by atoms with Gasteiger partial charge in [-0.1, -0.05) is 30.0 Å². The Morgan fingerprint density at radius 2 is 1.93 bits per heavy atom. The standard InChI is InChI=1S/C29H22FN9O2/c1-17(34-28(40)24-25(31)36-38-14-6-13-32-27(24)38)26-35-22-12-11-21(30)20(10-9-18-15-33-37(2)16-18)23(22)29(41)39(26)19-7-4-3-5-8-19/h3-8,11-17H,1-2H3,(H2,31,36)(H,34,40)/t17-/m0/s1. The van der Waals surface area contributed by atoms with Crippen LogP contribution in [0.15, 0.2) is 78.1 Å². The number of benzene rings is 2. The van der Waals surface area contributed by atoms with E-state index in [0.29, 0.717) is 11.3 Å². The smallest absolute Gasteiger partial charge is 0.267 e. The summed E-state index contributed by atoms with van der Waals surface area (Å²) in [5.41, 5.74) is 7.08. The van der Waals surface area contributed by atoms with Crippen molar-refractivity contribution in [2.75, 3.05) is 5.73 Å². The molecule has 6 rings (SSSR count). The maximum Gasteiger partial charge on any atom is 0.267 e. The third-order valence-corrected chi connectivity index (χ3v) is 6.45. The van der Waals surface area contributed by atoms with Crippen molar-refractivity contribution in [3.8, 4) is 17.5 Å². The van der Waals surface area contributed by atoms with Crippen molar-refractivity contribution in [1.29, 1.82) is 0 Å². The van der Waals surface area contributed by atoms with E-state index in [4.69, 9.17) is 10.7 Å². The first-order chi connectivity index (χ1) is 19.8. The molecule has 1 atom stereocenters. The lowest BCUT2D eigenvalue weighted by atomic mass is 10.1. The average molecular weight is 548 g/mol. The number of hydrogen-bond acceptors (Lipinski definition) is 7. The van der Waals surface area contributed by atoms with Crippen molar-refractivity contribution >= 4 is 28.3 Å². The van der Waals surface area contributed by atoms with Gasteiger partial charge < -0.3 is 11.1 Å². The van der Waals surface area contributed by atoms with Crippen LogP contribution in [-0.4, -0.2) is 39.8 Å². The summed E-state index contributed by atoms with van der Waals surface area (Å²) in [4.78, 5) is 36.4. The number of carbonyl (C=O) groups is 1. The molecule has 4 heterocycles. The Kier molecular flexibility index (Phi) is 6.24. The number of amides is 1. The zero-order valence-corrected chi connectivity index (χ0v) is 21.9. The summed E-state index contributed by atoms with van der Waals surface area (Å²) in [5.74, 6) is 4.70. The largest absolute Gasteiger partial charge is 0.381 e. The fourth-order valence-electron chi connectivity index (χ4n) is 4.58. The molecule has 1 amide bonds. The summed E-state index contributed by atoms with van der Waals surface area (Å²) in [6, 6.07) is 12.3. The molecule has 0 radical (unpaired) electrons. The van der Waals surface area contributed by atoms with Crippen LogP contribution in [0.25, 0.3) is 22.2 Å². The minimum atomic E-state index is -0.784. The highest BCUT2D eigenvalue weighted by Gasteiger charge is 2.25. The monoisotopic (exact) mass is 547 g/mol. The van der Waals surface area contributed by atoms with Crippen LogP contribution >= 0.6 is 0 Å². The molecule has 0 saturated heterocycles. The Morgan fingerprint density at radius 3 is 2.68 bits per heavy atom. The predicted octanol–water partition coefficient (Wildman–Crippen LogP) is 2.77. The van der Waals surface area contributed by atoms with E-state index in [9.17, 15) is 9.59 Å². The molecule has 0 bridgehead atoms. The molecule has 41 heavy (non-hydrogen) atoms. The van der Waals surface area contributed by atoms with Crippen molar-refractivity contribution in [3.05, 3.63) is 112 Å². The van der Waals surface area contributed by atoms with E-state index >= 15 is 4.39 Å². The second-order valence-corrected chi connectivity index (χ2v) is 9.26. The van der Waals surface area contributed by atoms with Gasteiger partial charge in [-0.3, -0.25) is 18.8 Å². The molecule has 12 heteroatoms. The lowest BCUT2D eigenvalue weighted by Gasteiger charge is -2.20. The highest BCUT2D eigenvalue weighted by molar-refractivity contribution is 6.04. The summed E-state index contributed by atoms with van der Waals surface area (Å²) in [6.45, 7) is 1.69. The first-order valence-electron chi connectivity index (χ1n) is 12.5. The first kappa shape index (κ1) is 25.4. The minimum Gasteiger partial charge on any atom is -0.381 e. The molecule has 0 spiro atoms. The van der Waals surface area contributed by atoms with Crippen LogP contribution in [0.2, 0.25) is 0 Å². The number of anilines is 1. The quantitative estimate of drug-likeness (QED) is 0.324. The van der Waals surface area contributed by atoms with Crippen LogP contribution in [0.1, 0.15) is 40.3 Å². The van der Waals surface area contributed by atoms with E-state index in [0.717, 1.165) is 0 Å². The third-order valence-electron chi connectivity index (χ3n) is 6.45. The molecule has 0 aliphatic heterocycles. The Balaban J connectivity index is 1.50. The summed E-state index contributed by atoms with van der Waals surface area (Å²) in [5, 5.41) is 11.1. The van der Waals surface area contributed by atoms with Gasteiger partial charge in [0, 0.05) is 25.6 Å². The maximum absolute atomic E-state index is 15.1. The number of para-hydroxylation sites is 1. The van der Waals surface area contributed by atoms with E-state index in [1.807, 2.05) is 0 Å². The molecule has 2 aromatic carbocycles. The zero-order valence-electron chi connectivity index (χ0n) is 21.9. The SMILES string of the molecule is C[C@H](NC(=O)c1c(N)nn2cccnc12)c1nc2ccc(F)c(C#Cc3cnn(C)c3)c2c(=O)n1-c1ccccc1. The van der Waals surface area contributed by atoms with Crippen LogP contribution in [0, 0.1) is 17.7 Å². The van der Waals surface area contributed by atoms with E-state index in [1.165, 1.54) is 27.4 Å². The van der Waals surface area contributed by atoms with Gasteiger partial charge in [0.15, 0.2) is 11.5 Å². The summed E-state index contributed by atoms with van der Waals surface area (Å²) in [7, 11) is 1.74. The second-order valence-electron chi connectivity index (χ2n) is 9.26. The molecule has 6 aromatic rings. The Labute approximate surface area is 232 Å². The van der Waals surface area contributed by atoms with E-state index in [1.54, 1.807) is 73.6 Å². The third kappa shape index (κ3) is 4.55.